The fraction of sp³-hybridized carbons (Fsp3) is 0.0857. The molecule has 0 bridgehead atoms. The van der Waals surface area contributed by atoms with E-state index in [4.69, 9.17) is 9.47 Å². The molecule has 0 saturated carbocycles. The summed E-state index contributed by atoms with van der Waals surface area (Å²) in [6.07, 6.45) is 0. The number of phenols is 4. The fourth-order valence-electron chi connectivity index (χ4n) is 5.04. The van der Waals surface area contributed by atoms with Crippen molar-refractivity contribution in [1.82, 2.24) is 0 Å². The molecule has 0 saturated heterocycles. The molecule has 6 aromatic rings. The molecule has 6 rings (SSSR count). The van der Waals surface area contributed by atoms with E-state index in [1.165, 1.54) is 24.3 Å². The summed E-state index contributed by atoms with van der Waals surface area (Å²) in [4.78, 5) is 0. The maximum absolute atomic E-state index is 10.2. The van der Waals surface area contributed by atoms with Crippen molar-refractivity contribution >= 4 is 21.5 Å². The van der Waals surface area contributed by atoms with Gasteiger partial charge in [0.15, 0.2) is 0 Å². The highest BCUT2D eigenvalue weighted by Gasteiger charge is 2.23. The van der Waals surface area contributed by atoms with Crippen molar-refractivity contribution in [2.75, 3.05) is 0 Å². The Hall–Kier alpha value is -5.36. The normalized spacial score (nSPS) is 11.6. The molecule has 0 aromatic heterocycles. The molecule has 0 aliphatic carbocycles. The van der Waals surface area contributed by atoms with Crippen LogP contribution < -0.4 is 9.47 Å². The summed E-state index contributed by atoms with van der Waals surface area (Å²) >= 11 is 0. The van der Waals surface area contributed by atoms with Crippen LogP contribution in [0, 0.1) is 0 Å². The Kier molecular flexibility index (Phi) is 6.31. The first-order chi connectivity index (χ1) is 19.7. The molecule has 0 unspecified atom stereocenters. The second-order valence-corrected chi connectivity index (χ2v) is 10.5. The maximum atomic E-state index is 10.2. The third-order valence-corrected chi connectivity index (χ3v) is 7.51. The van der Waals surface area contributed by atoms with E-state index in [1.807, 2.05) is 48.5 Å². The van der Waals surface area contributed by atoms with Crippen LogP contribution in [-0.2, 0) is 5.41 Å². The van der Waals surface area contributed by atoms with Crippen LogP contribution in [0.3, 0.4) is 0 Å². The van der Waals surface area contributed by atoms with Crippen LogP contribution in [0.4, 0.5) is 0 Å². The molecule has 6 nitrogen and oxygen atoms in total. The third kappa shape index (κ3) is 4.92. The summed E-state index contributed by atoms with van der Waals surface area (Å²) in [5, 5.41) is 42.6. The van der Waals surface area contributed by atoms with E-state index in [9.17, 15) is 20.4 Å². The van der Waals surface area contributed by atoms with Crippen molar-refractivity contribution in [3.63, 3.8) is 0 Å². The lowest BCUT2D eigenvalue weighted by Gasteiger charge is -2.26. The molecular formula is C35H28O6. The van der Waals surface area contributed by atoms with Crippen LogP contribution in [0.25, 0.3) is 21.5 Å². The number of ether oxygens (including phenoxy) is 2. The number of benzene rings is 6. The summed E-state index contributed by atoms with van der Waals surface area (Å²) < 4.78 is 12.1. The second kappa shape index (κ2) is 9.99. The Bertz CT molecular complexity index is 1750. The highest BCUT2D eigenvalue weighted by Crippen LogP contribution is 2.38. The SMILES string of the molecule is CC(C)(c1ccc(Oc2ccc3c(O)ccc(O)c3c2)cc1)c1ccc(Oc2ccc3c(O)ccc(O)c3c2)cc1. The van der Waals surface area contributed by atoms with Crippen LogP contribution >= 0.6 is 0 Å². The summed E-state index contributed by atoms with van der Waals surface area (Å²) in [7, 11) is 0. The summed E-state index contributed by atoms with van der Waals surface area (Å²) in [6.45, 7) is 4.30. The first-order valence-electron chi connectivity index (χ1n) is 13.2. The lowest BCUT2D eigenvalue weighted by Crippen LogP contribution is -2.18. The largest absolute Gasteiger partial charge is 0.507 e. The molecule has 0 atom stereocenters. The van der Waals surface area contributed by atoms with E-state index in [1.54, 1.807) is 36.4 Å². The zero-order valence-electron chi connectivity index (χ0n) is 22.5. The van der Waals surface area contributed by atoms with Gasteiger partial charge >= 0.3 is 0 Å². The van der Waals surface area contributed by atoms with E-state index in [0.29, 0.717) is 44.5 Å². The highest BCUT2D eigenvalue weighted by atomic mass is 16.5. The van der Waals surface area contributed by atoms with Crippen LogP contribution in [0.2, 0.25) is 0 Å². The molecule has 0 fully saturated rings. The molecule has 0 aliphatic rings. The number of aromatic hydroxyl groups is 4. The minimum Gasteiger partial charge on any atom is -0.507 e. The summed E-state index contributed by atoms with van der Waals surface area (Å²) in [6, 6.07) is 32.0. The molecule has 6 aromatic carbocycles. The average Bonchev–Trinajstić information content (AvgIpc) is 2.98. The molecular weight excluding hydrogens is 516 g/mol. The Balaban J connectivity index is 1.18. The first kappa shape index (κ1) is 25.9. The molecule has 0 heterocycles. The van der Waals surface area contributed by atoms with Crippen LogP contribution in [0.15, 0.2) is 109 Å². The first-order valence-corrected chi connectivity index (χ1v) is 13.2. The van der Waals surface area contributed by atoms with E-state index in [0.717, 1.165) is 11.1 Å². The van der Waals surface area contributed by atoms with Crippen molar-refractivity contribution < 1.29 is 29.9 Å². The van der Waals surface area contributed by atoms with Gasteiger partial charge in [-0.05, 0) is 96.1 Å². The van der Waals surface area contributed by atoms with Crippen molar-refractivity contribution in [2.24, 2.45) is 0 Å². The van der Waals surface area contributed by atoms with Crippen molar-refractivity contribution in [3.8, 4) is 46.0 Å². The topological polar surface area (TPSA) is 99.4 Å². The van der Waals surface area contributed by atoms with Gasteiger partial charge < -0.3 is 29.9 Å². The molecule has 6 heteroatoms. The maximum Gasteiger partial charge on any atom is 0.128 e. The quantitative estimate of drug-likeness (QED) is 0.157. The average molecular weight is 545 g/mol. The predicted molar refractivity (Wildman–Crippen MR) is 160 cm³/mol. The molecule has 0 amide bonds. The van der Waals surface area contributed by atoms with Crippen molar-refractivity contribution in [1.29, 1.82) is 0 Å². The third-order valence-electron chi connectivity index (χ3n) is 7.51. The Labute approximate surface area is 236 Å². The number of hydrogen-bond donors (Lipinski definition) is 4. The summed E-state index contributed by atoms with van der Waals surface area (Å²) in [5.41, 5.74) is 1.91. The monoisotopic (exact) mass is 544 g/mol. The van der Waals surface area contributed by atoms with E-state index < -0.39 is 0 Å². The van der Waals surface area contributed by atoms with E-state index >= 15 is 0 Å². The molecule has 41 heavy (non-hydrogen) atoms. The molecule has 0 spiro atoms. The van der Waals surface area contributed by atoms with Crippen molar-refractivity contribution in [3.05, 3.63) is 120 Å². The Morgan fingerprint density at radius 1 is 0.390 bits per heavy atom. The standard InChI is InChI=1S/C35H28O6/c1-35(2,21-3-7-23(8-4-21)40-25-11-13-27-29(19-25)33(38)17-15-31(27)36)22-5-9-24(10-6-22)41-26-12-14-28-30(20-26)34(39)18-16-32(28)37/h3-20,36-39H,1-2H3. The minimum absolute atomic E-state index is 0.0774. The molecule has 204 valence electrons. The van der Waals surface area contributed by atoms with Gasteiger partial charge in [-0.2, -0.15) is 0 Å². The van der Waals surface area contributed by atoms with Gasteiger partial charge in [0.1, 0.15) is 46.0 Å². The minimum atomic E-state index is -0.296. The van der Waals surface area contributed by atoms with Crippen LogP contribution in [-0.4, -0.2) is 20.4 Å². The Morgan fingerprint density at radius 2 is 0.707 bits per heavy atom. The lowest BCUT2D eigenvalue weighted by molar-refractivity contribution is 0.467. The van der Waals surface area contributed by atoms with Crippen LogP contribution in [0.5, 0.6) is 46.0 Å². The van der Waals surface area contributed by atoms with E-state index in [2.05, 4.69) is 13.8 Å². The number of fused-ring (bicyclic) bond motifs is 2. The predicted octanol–water partition coefficient (Wildman–Crippen LogP) is 8.73. The number of rotatable bonds is 6. The van der Waals surface area contributed by atoms with Crippen molar-refractivity contribution in [2.45, 2.75) is 19.3 Å². The highest BCUT2D eigenvalue weighted by molar-refractivity contribution is 5.94. The van der Waals surface area contributed by atoms with Gasteiger partial charge in [-0.25, -0.2) is 0 Å². The molecule has 4 N–H and O–H groups in total. The van der Waals surface area contributed by atoms with Gasteiger partial charge in [0.05, 0.1) is 0 Å². The lowest BCUT2D eigenvalue weighted by atomic mass is 9.78. The van der Waals surface area contributed by atoms with Gasteiger partial charge in [-0.3, -0.25) is 0 Å². The van der Waals surface area contributed by atoms with Crippen LogP contribution in [0.1, 0.15) is 25.0 Å². The zero-order chi connectivity index (χ0) is 28.7. The summed E-state index contributed by atoms with van der Waals surface area (Å²) in [5.74, 6) is 2.78. The number of phenolic OH excluding ortho intramolecular Hbond substituents is 4. The van der Waals surface area contributed by atoms with Gasteiger partial charge in [-0.1, -0.05) is 38.1 Å². The molecule has 0 aliphatic heterocycles. The van der Waals surface area contributed by atoms with E-state index in [-0.39, 0.29) is 28.4 Å². The van der Waals surface area contributed by atoms with Gasteiger partial charge in [0.25, 0.3) is 0 Å². The molecule has 0 radical (unpaired) electrons. The van der Waals surface area contributed by atoms with Gasteiger partial charge in [0.2, 0.25) is 0 Å². The van der Waals surface area contributed by atoms with Gasteiger partial charge in [-0.15, -0.1) is 0 Å². The Morgan fingerprint density at radius 3 is 1.07 bits per heavy atom. The smallest absolute Gasteiger partial charge is 0.128 e. The fourth-order valence-corrected chi connectivity index (χ4v) is 5.04. The van der Waals surface area contributed by atoms with Gasteiger partial charge in [0, 0.05) is 27.0 Å². The zero-order valence-corrected chi connectivity index (χ0v) is 22.5. The second-order valence-electron chi connectivity index (χ2n) is 10.5. The number of hydrogen-bond acceptors (Lipinski definition) is 6.